The second kappa shape index (κ2) is 8.62. The lowest BCUT2D eigenvalue weighted by Gasteiger charge is -2.22. The summed E-state index contributed by atoms with van der Waals surface area (Å²) in [6.07, 6.45) is 3.57. The van der Waals surface area contributed by atoms with Crippen LogP contribution in [-0.2, 0) is 6.42 Å². The van der Waals surface area contributed by atoms with Crippen LogP contribution in [0.3, 0.4) is 0 Å². The molecule has 0 spiro atoms. The Morgan fingerprint density at radius 2 is 1.88 bits per heavy atom. The van der Waals surface area contributed by atoms with Crippen LogP contribution in [0, 0.1) is 13.8 Å². The van der Waals surface area contributed by atoms with Crippen molar-refractivity contribution in [2.75, 3.05) is 25.8 Å². The molecule has 3 nitrogen and oxygen atoms in total. The highest BCUT2D eigenvalue weighted by Crippen LogP contribution is 2.32. The first-order chi connectivity index (χ1) is 11.5. The van der Waals surface area contributed by atoms with Crippen molar-refractivity contribution in [3.63, 3.8) is 0 Å². The van der Waals surface area contributed by atoms with Gasteiger partial charge in [-0.25, -0.2) is 0 Å². The van der Waals surface area contributed by atoms with Crippen LogP contribution in [0.2, 0.25) is 0 Å². The zero-order chi connectivity index (χ0) is 17.5. The number of ether oxygens (including phenoxy) is 2. The third kappa shape index (κ3) is 4.67. The van der Waals surface area contributed by atoms with Gasteiger partial charge < -0.3 is 14.4 Å². The normalized spacial score (nSPS) is 10.5. The van der Waals surface area contributed by atoms with E-state index in [1.54, 1.807) is 7.11 Å². The van der Waals surface area contributed by atoms with Crippen molar-refractivity contribution in [2.24, 2.45) is 0 Å². The van der Waals surface area contributed by atoms with Crippen molar-refractivity contribution in [3.8, 4) is 11.5 Å². The molecule has 0 aliphatic carbocycles. The van der Waals surface area contributed by atoms with Crippen molar-refractivity contribution in [1.82, 2.24) is 0 Å². The first kappa shape index (κ1) is 18.2. The molecule has 0 heterocycles. The van der Waals surface area contributed by atoms with Crippen molar-refractivity contribution in [2.45, 2.75) is 40.0 Å². The van der Waals surface area contributed by atoms with Crippen molar-refractivity contribution in [3.05, 3.63) is 53.1 Å². The lowest BCUT2D eigenvalue weighted by molar-refractivity contribution is 0.295. The molecule has 0 aliphatic rings. The summed E-state index contributed by atoms with van der Waals surface area (Å²) in [5.74, 6) is 1.61. The van der Waals surface area contributed by atoms with Crippen LogP contribution in [0.25, 0.3) is 0 Å². The Morgan fingerprint density at radius 3 is 2.58 bits per heavy atom. The zero-order valence-electron chi connectivity index (χ0n) is 15.6. The van der Waals surface area contributed by atoms with E-state index in [9.17, 15) is 0 Å². The molecule has 2 aromatic carbocycles. The Kier molecular flexibility index (Phi) is 6.53. The Bertz CT molecular complexity index is 667. The molecule has 0 fully saturated rings. The highest BCUT2D eigenvalue weighted by atomic mass is 16.5. The van der Waals surface area contributed by atoms with Crippen molar-refractivity contribution in [1.29, 1.82) is 0 Å². The molecular formula is C21H29NO2. The Morgan fingerprint density at radius 1 is 1.08 bits per heavy atom. The van der Waals surface area contributed by atoms with Gasteiger partial charge >= 0.3 is 0 Å². The van der Waals surface area contributed by atoms with Gasteiger partial charge in [0.2, 0.25) is 0 Å². The molecule has 0 bridgehead atoms. The van der Waals surface area contributed by atoms with Gasteiger partial charge in [-0.1, -0.05) is 31.5 Å². The maximum absolute atomic E-state index is 6.05. The third-order valence-electron chi connectivity index (χ3n) is 4.18. The van der Waals surface area contributed by atoms with Gasteiger partial charge in [-0.05, 0) is 61.6 Å². The molecule has 0 amide bonds. The first-order valence-corrected chi connectivity index (χ1v) is 8.63. The summed E-state index contributed by atoms with van der Waals surface area (Å²) in [5, 5.41) is 0. The highest BCUT2D eigenvalue weighted by molar-refractivity contribution is 5.50. The maximum Gasteiger partial charge on any atom is 0.166 e. The predicted octanol–water partition coefficient (Wildman–Crippen LogP) is 5.13. The van der Waals surface area contributed by atoms with E-state index in [0.29, 0.717) is 6.73 Å². The van der Waals surface area contributed by atoms with Gasteiger partial charge in [-0.3, -0.25) is 0 Å². The van der Waals surface area contributed by atoms with Gasteiger partial charge in [-0.2, -0.15) is 0 Å². The highest BCUT2D eigenvalue weighted by Gasteiger charge is 2.11. The molecular weight excluding hydrogens is 298 g/mol. The molecule has 0 saturated heterocycles. The minimum atomic E-state index is 0.484. The van der Waals surface area contributed by atoms with E-state index in [2.05, 4.69) is 63.1 Å². The van der Waals surface area contributed by atoms with Crippen LogP contribution in [-0.4, -0.2) is 20.9 Å². The molecule has 0 aromatic heterocycles. The topological polar surface area (TPSA) is 21.7 Å². The minimum absolute atomic E-state index is 0.484. The molecule has 0 atom stereocenters. The van der Waals surface area contributed by atoms with E-state index in [1.807, 2.05) is 6.07 Å². The summed E-state index contributed by atoms with van der Waals surface area (Å²) in [6, 6.07) is 12.8. The summed E-state index contributed by atoms with van der Waals surface area (Å²) >= 11 is 0. The Labute approximate surface area is 146 Å². The molecule has 0 radical (unpaired) electrons. The third-order valence-corrected chi connectivity index (χ3v) is 4.18. The first-order valence-electron chi connectivity index (χ1n) is 8.63. The van der Waals surface area contributed by atoms with E-state index < -0.39 is 0 Å². The molecule has 130 valence electrons. The Hall–Kier alpha value is -2.16. The number of anilines is 1. The molecule has 0 saturated carbocycles. The van der Waals surface area contributed by atoms with Crippen LogP contribution < -0.4 is 14.4 Å². The van der Waals surface area contributed by atoms with E-state index in [1.165, 1.54) is 29.7 Å². The molecule has 2 rings (SSSR count). The molecule has 2 aromatic rings. The van der Waals surface area contributed by atoms with Crippen LogP contribution >= 0.6 is 0 Å². The SMILES string of the molecule is CCCCc1cccc(N(C)COc2c(C)cc(C)cc2OC)c1. The van der Waals surface area contributed by atoms with Crippen molar-refractivity contribution < 1.29 is 9.47 Å². The summed E-state index contributed by atoms with van der Waals surface area (Å²) in [6.45, 7) is 6.82. The second-order valence-corrected chi connectivity index (χ2v) is 6.36. The van der Waals surface area contributed by atoms with Gasteiger partial charge in [0.15, 0.2) is 18.2 Å². The van der Waals surface area contributed by atoms with E-state index in [-0.39, 0.29) is 0 Å². The Balaban J connectivity index is 2.07. The van der Waals surface area contributed by atoms with E-state index >= 15 is 0 Å². The average molecular weight is 327 g/mol. The maximum atomic E-state index is 6.05. The fourth-order valence-corrected chi connectivity index (χ4v) is 2.82. The van der Waals surface area contributed by atoms with Gasteiger partial charge in [0.1, 0.15) is 0 Å². The summed E-state index contributed by atoms with van der Waals surface area (Å²) in [7, 11) is 3.73. The predicted molar refractivity (Wildman–Crippen MR) is 101 cm³/mol. The fraction of sp³-hybridized carbons (Fsp3) is 0.429. The molecule has 24 heavy (non-hydrogen) atoms. The number of hydrogen-bond acceptors (Lipinski definition) is 3. The van der Waals surface area contributed by atoms with Crippen LogP contribution in [0.4, 0.5) is 5.69 Å². The summed E-state index contributed by atoms with van der Waals surface area (Å²) < 4.78 is 11.5. The van der Waals surface area contributed by atoms with Crippen molar-refractivity contribution >= 4 is 5.69 Å². The van der Waals surface area contributed by atoms with Crippen LogP contribution in [0.1, 0.15) is 36.5 Å². The standard InChI is InChI=1S/C21H29NO2/c1-6-7-9-18-10-8-11-19(14-18)22(4)15-24-21-17(3)12-16(2)13-20(21)23-5/h8,10-14H,6-7,9,15H2,1-5H3. The quantitative estimate of drug-likeness (QED) is 0.628. The van der Waals surface area contributed by atoms with Gasteiger partial charge in [0, 0.05) is 12.7 Å². The molecule has 0 N–H and O–H groups in total. The van der Waals surface area contributed by atoms with E-state index in [0.717, 1.165) is 23.5 Å². The number of aryl methyl sites for hydroxylation is 3. The largest absolute Gasteiger partial charge is 0.493 e. The number of hydrogen-bond donors (Lipinski definition) is 0. The monoisotopic (exact) mass is 327 g/mol. The second-order valence-electron chi connectivity index (χ2n) is 6.36. The van der Waals surface area contributed by atoms with Crippen LogP contribution in [0.5, 0.6) is 11.5 Å². The number of benzene rings is 2. The van der Waals surface area contributed by atoms with Crippen LogP contribution in [0.15, 0.2) is 36.4 Å². The molecule has 3 heteroatoms. The van der Waals surface area contributed by atoms with E-state index in [4.69, 9.17) is 9.47 Å². The minimum Gasteiger partial charge on any atom is -0.493 e. The number of methoxy groups -OCH3 is 1. The molecule has 0 aliphatic heterocycles. The fourth-order valence-electron chi connectivity index (χ4n) is 2.82. The molecule has 0 unspecified atom stereocenters. The van der Waals surface area contributed by atoms with Gasteiger partial charge in [0.25, 0.3) is 0 Å². The van der Waals surface area contributed by atoms with Gasteiger partial charge in [-0.15, -0.1) is 0 Å². The zero-order valence-corrected chi connectivity index (χ0v) is 15.6. The number of rotatable bonds is 8. The lowest BCUT2D eigenvalue weighted by atomic mass is 10.1. The summed E-state index contributed by atoms with van der Waals surface area (Å²) in [5.41, 5.74) is 4.82. The number of nitrogens with zero attached hydrogens (tertiary/aromatic N) is 1. The number of unbranched alkanes of at least 4 members (excludes halogenated alkanes) is 1. The summed E-state index contributed by atoms with van der Waals surface area (Å²) in [4.78, 5) is 2.12. The average Bonchev–Trinajstić information content (AvgIpc) is 2.58. The smallest absolute Gasteiger partial charge is 0.166 e. The lowest BCUT2D eigenvalue weighted by Crippen LogP contribution is -2.23. The van der Waals surface area contributed by atoms with Gasteiger partial charge in [0.05, 0.1) is 7.11 Å².